The van der Waals surface area contributed by atoms with E-state index in [1.165, 1.54) is 19.3 Å². The minimum Gasteiger partial charge on any atom is -0.357 e. The third kappa shape index (κ3) is 3.65. The second-order valence-electron chi connectivity index (χ2n) is 5.41. The highest BCUT2D eigenvalue weighted by molar-refractivity contribution is 9.10. The fourth-order valence-electron chi connectivity index (χ4n) is 2.57. The van der Waals surface area contributed by atoms with Gasteiger partial charge in [0.05, 0.1) is 11.9 Å². The second kappa shape index (κ2) is 6.92. The number of carbonyl (C=O) groups excluding carboxylic acids is 1. The van der Waals surface area contributed by atoms with Gasteiger partial charge in [0, 0.05) is 23.1 Å². The molecule has 1 saturated heterocycles. The topological polar surface area (TPSA) is 45.2 Å². The lowest BCUT2D eigenvalue weighted by Crippen LogP contribution is -2.30. The molecule has 0 atom stereocenters. The predicted molar refractivity (Wildman–Crippen MR) is 92.4 cm³/mol. The van der Waals surface area contributed by atoms with Crippen molar-refractivity contribution < 1.29 is 4.79 Å². The fraction of sp³-hybridized carbons (Fsp3) is 0.294. The smallest absolute Gasteiger partial charge is 0.255 e. The quantitative estimate of drug-likeness (QED) is 0.897. The predicted octanol–water partition coefficient (Wildman–Crippen LogP) is 4.09. The SMILES string of the molecule is O=C(Nc1ccc(N2CCCCC2)nc1)c1ccc(Br)cc1. The van der Waals surface area contributed by atoms with Gasteiger partial charge in [-0.1, -0.05) is 15.9 Å². The fourth-order valence-corrected chi connectivity index (χ4v) is 2.84. The van der Waals surface area contributed by atoms with E-state index in [1.54, 1.807) is 18.3 Å². The molecule has 5 heteroatoms. The Hall–Kier alpha value is -1.88. The first kappa shape index (κ1) is 15.0. The van der Waals surface area contributed by atoms with Crippen LogP contribution in [0.5, 0.6) is 0 Å². The maximum atomic E-state index is 12.1. The lowest BCUT2D eigenvalue weighted by atomic mass is 10.1. The van der Waals surface area contributed by atoms with Gasteiger partial charge in [-0.2, -0.15) is 0 Å². The zero-order valence-corrected chi connectivity index (χ0v) is 13.8. The van der Waals surface area contributed by atoms with E-state index in [0.717, 1.165) is 23.4 Å². The minimum absolute atomic E-state index is 0.125. The molecule has 1 fully saturated rings. The highest BCUT2D eigenvalue weighted by Gasteiger charge is 2.12. The van der Waals surface area contributed by atoms with Gasteiger partial charge in [0.2, 0.25) is 0 Å². The summed E-state index contributed by atoms with van der Waals surface area (Å²) in [6.07, 6.45) is 5.48. The zero-order chi connectivity index (χ0) is 15.4. The third-order valence-corrected chi connectivity index (χ3v) is 4.32. The first-order chi connectivity index (χ1) is 10.7. The zero-order valence-electron chi connectivity index (χ0n) is 12.3. The number of nitrogens with zero attached hydrogens (tertiary/aromatic N) is 2. The average Bonchev–Trinajstić information content (AvgIpc) is 2.57. The molecular weight excluding hydrogens is 342 g/mol. The number of pyridine rings is 1. The minimum atomic E-state index is -0.125. The Bertz CT molecular complexity index is 634. The van der Waals surface area contributed by atoms with Crippen LogP contribution in [0.1, 0.15) is 29.6 Å². The molecule has 0 unspecified atom stereocenters. The van der Waals surface area contributed by atoms with Crippen molar-refractivity contribution in [1.82, 2.24) is 4.98 Å². The molecule has 114 valence electrons. The van der Waals surface area contributed by atoms with E-state index in [2.05, 4.69) is 31.1 Å². The largest absolute Gasteiger partial charge is 0.357 e. The van der Waals surface area contributed by atoms with Crippen LogP contribution in [0.4, 0.5) is 11.5 Å². The van der Waals surface area contributed by atoms with Crippen molar-refractivity contribution in [2.45, 2.75) is 19.3 Å². The van der Waals surface area contributed by atoms with Crippen molar-refractivity contribution in [2.24, 2.45) is 0 Å². The van der Waals surface area contributed by atoms with Crippen molar-refractivity contribution in [3.8, 4) is 0 Å². The molecule has 2 aromatic rings. The summed E-state index contributed by atoms with van der Waals surface area (Å²) in [6, 6.07) is 11.2. The van der Waals surface area contributed by atoms with E-state index in [4.69, 9.17) is 0 Å². The van der Waals surface area contributed by atoms with Crippen LogP contribution in [0.2, 0.25) is 0 Å². The number of aromatic nitrogens is 1. The molecule has 1 aromatic heterocycles. The van der Waals surface area contributed by atoms with Crippen LogP contribution in [0.25, 0.3) is 0 Å². The van der Waals surface area contributed by atoms with Crippen LogP contribution in [0, 0.1) is 0 Å². The number of hydrogen-bond acceptors (Lipinski definition) is 3. The van der Waals surface area contributed by atoms with Gasteiger partial charge >= 0.3 is 0 Å². The van der Waals surface area contributed by atoms with E-state index in [9.17, 15) is 4.79 Å². The number of nitrogens with one attached hydrogen (secondary N) is 1. The Morgan fingerprint density at radius 3 is 2.41 bits per heavy atom. The molecule has 22 heavy (non-hydrogen) atoms. The summed E-state index contributed by atoms with van der Waals surface area (Å²) in [7, 11) is 0. The molecule has 0 spiro atoms. The highest BCUT2D eigenvalue weighted by atomic mass is 79.9. The lowest BCUT2D eigenvalue weighted by Gasteiger charge is -2.27. The highest BCUT2D eigenvalue weighted by Crippen LogP contribution is 2.19. The third-order valence-electron chi connectivity index (χ3n) is 3.79. The number of anilines is 2. The number of benzene rings is 1. The summed E-state index contributed by atoms with van der Waals surface area (Å²) >= 11 is 3.36. The summed E-state index contributed by atoms with van der Waals surface area (Å²) in [5.74, 6) is 0.862. The molecule has 0 saturated carbocycles. The Morgan fingerprint density at radius 2 is 1.77 bits per heavy atom. The van der Waals surface area contributed by atoms with E-state index in [-0.39, 0.29) is 5.91 Å². The Kier molecular flexibility index (Phi) is 4.73. The molecule has 4 nitrogen and oxygen atoms in total. The molecular formula is C17H18BrN3O. The van der Waals surface area contributed by atoms with Crippen molar-refractivity contribution in [3.63, 3.8) is 0 Å². The van der Waals surface area contributed by atoms with Gasteiger partial charge in [-0.05, 0) is 55.7 Å². The number of hydrogen-bond donors (Lipinski definition) is 1. The molecule has 1 aliphatic rings. The van der Waals surface area contributed by atoms with E-state index in [1.807, 2.05) is 24.3 Å². The maximum absolute atomic E-state index is 12.1. The first-order valence-corrected chi connectivity index (χ1v) is 8.29. The molecule has 1 aromatic carbocycles. The molecule has 1 aliphatic heterocycles. The van der Waals surface area contributed by atoms with Crippen LogP contribution in [0.3, 0.4) is 0 Å². The Balaban J connectivity index is 1.65. The normalized spacial score (nSPS) is 14.7. The summed E-state index contributed by atoms with van der Waals surface area (Å²) in [5, 5.41) is 2.87. The lowest BCUT2D eigenvalue weighted by molar-refractivity contribution is 0.102. The van der Waals surface area contributed by atoms with Gasteiger partial charge in [0.15, 0.2) is 0 Å². The Labute approximate surface area is 138 Å². The number of piperidine rings is 1. The summed E-state index contributed by atoms with van der Waals surface area (Å²) in [6.45, 7) is 2.13. The number of halogens is 1. The van der Waals surface area contributed by atoms with Crippen LogP contribution < -0.4 is 10.2 Å². The van der Waals surface area contributed by atoms with Gasteiger partial charge < -0.3 is 10.2 Å². The summed E-state index contributed by atoms with van der Waals surface area (Å²) in [5.41, 5.74) is 1.34. The van der Waals surface area contributed by atoms with Gasteiger partial charge in [-0.3, -0.25) is 4.79 Å². The average molecular weight is 360 g/mol. The van der Waals surface area contributed by atoms with Crippen LogP contribution in [-0.2, 0) is 0 Å². The summed E-state index contributed by atoms with van der Waals surface area (Å²) in [4.78, 5) is 18.9. The monoisotopic (exact) mass is 359 g/mol. The maximum Gasteiger partial charge on any atom is 0.255 e. The van der Waals surface area contributed by atoms with Gasteiger partial charge in [0.1, 0.15) is 5.82 Å². The molecule has 2 heterocycles. The molecule has 0 bridgehead atoms. The Morgan fingerprint density at radius 1 is 1.05 bits per heavy atom. The molecule has 3 rings (SSSR count). The molecule has 0 radical (unpaired) electrons. The molecule has 1 amide bonds. The van der Waals surface area contributed by atoms with E-state index in [0.29, 0.717) is 11.3 Å². The summed E-state index contributed by atoms with van der Waals surface area (Å²) < 4.78 is 0.955. The number of amides is 1. The molecule has 1 N–H and O–H groups in total. The number of carbonyl (C=O) groups is 1. The van der Waals surface area contributed by atoms with Crippen molar-refractivity contribution in [1.29, 1.82) is 0 Å². The van der Waals surface area contributed by atoms with E-state index >= 15 is 0 Å². The van der Waals surface area contributed by atoms with Crippen LogP contribution in [0.15, 0.2) is 47.1 Å². The van der Waals surface area contributed by atoms with Gasteiger partial charge in [-0.15, -0.1) is 0 Å². The van der Waals surface area contributed by atoms with Crippen LogP contribution >= 0.6 is 15.9 Å². The standard InChI is InChI=1S/C17H18BrN3O/c18-14-6-4-13(5-7-14)17(22)20-15-8-9-16(19-12-15)21-10-2-1-3-11-21/h4-9,12H,1-3,10-11H2,(H,20,22). The van der Waals surface area contributed by atoms with Crippen molar-refractivity contribution in [2.75, 3.05) is 23.3 Å². The van der Waals surface area contributed by atoms with Crippen LogP contribution in [-0.4, -0.2) is 24.0 Å². The number of rotatable bonds is 3. The van der Waals surface area contributed by atoms with E-state index < -0.39 is 0 Å². The van der Waals surface area contributed by atoms with Gasteiger partial charge in [0.25, 0.3) is 5.91 Å². The molecule has 0 aliphatic carbocycles. The van der Waals surface area contributed by atoms with Crippen molar-refractivity contribution >= 4 is 33.3 Å². The van der Waals surface area contributed by atoms with Crippen molar-refractivity contribution in [3.05, 3.63) is 52.6 Å². The van der Waals surface area contributed by atoms with Gasteiger partial charge in [-0.25, -0.2) is 4.98 Å². The first-order valence-electron chi connectivity index (χ1n) is 7.50. The second-order valence-corrected chi connectivity index (χ2v) is 6.33.